The van der Waals surface area contributed by atoms with Gasteiger partial charge in [-0.1, -0.05) is 0 Å². The lowest BCUT2D eigenvalue weighted by Crippen LogP contribution is -2.03. The third-order valence-electron chi connectivity index (χ3n) is 1.81. The van der Waals surface area contributed by atoms with Gasteiger partial charge in [-0.25, -0.2) is 0 Å². The van der Waals surface area contributed by atoms with Crippen LogP contribution in [0.25, 0.3) is 0 Å². The molecule has 4 heteroatoms. The Bertz CT molecular complexity index is 264. The number of hydrogen-bond acceptors (Lipinski definition) is 3. The third-order valence-corrected chi connectivity index (χ3v) is 1.81. The van der Waals surface area contributed by atoms with Gasteiger partial charge in [-0.15, -0.1) is 0 Å². The molecule has 0 fully saturated rings. The molecule has 2 N–H and O–H groups in total. The Hall–Kier alpha value is -1.19. The molecule has 0 aliphatic rings. The molecule has 4 nitrogen and oxygen atoms in total. The van der Waals surface area contributed by atoms with E-state index in [-0.39, 0.29) is 0 Å². The van der Waals surface area contributed by atoms with E-state index in [1.807, 2.05) is 25.7 Å². The average Bonchev–Trinajstić information content (AvgIpc) is 2.28. The Labute approximate surface area is 73.0 Å². The van der Waals surface area contributed by atoms with Crippen molar-refractivity contribution in [2.24, 2.45) is 7.05 Å². The number of rotatable bonds is 3. The molecule has 1 heterocycles. The van der Waals surface area contributed by atoms with Gasteiger partial charge in [0.25, 0.3) is 0 Å². The molecule has 0 bridgehead atoms. The molecular weight excluding hydrogens is 152 g/mol. The van der Waals surface area contributed by atoms with Gasteiger partial charge in [0.2, 0.25) is 0 Å². The van der Waals surface area contributed by atoms with Crippen molar-refractivity contribution in [3.8, 4) is 0 Å². The highest BCUT2D eigenvalue weighted by molar-refractivity contribution is 5.67. The molecule has 1 rings (SSSR count). The van der Waals surface area contributed by atoms with Crippen molar-refractivity contribution in [2.45, 2.75) is 13.8 Å². The van der Waals surface area contributed by atoms with E-state index in [9.17, 15) is 0 Å². The summed E-state index contributed by atoms with van der Waals surface area (Å²) in [6, 6.07) is 0. The van der Waals surface area contributed by atoms with Crippen LogP contribution in [0.15, 0.2) is 0 Å². The molecule has 0 atom stereocenters. The summed E-state index contributed by atoms with van der Waals surface area (Å²) < 4.78 is 1.84. The van der Waals surface area contributed by atoms with Gasteiger partial charge in [-0.3, -0.25) is 4.68 Å². The summed E-state index contributed by atoms with van der Waals surface area (Å²) in [7, 11) is 3.83. The van der Waals surface area contributed by atoms with E-state index in [2.05, 4.69) is 22.7 Å². The molecule has 68 valence electrons. The standard InChI is InChI=1S/C8H16N4/c1-5-10-7-6(2)11-12(4)8(7)9-3/h9-10H,5H2,1-4H3. The van der Waals surface area contributed by atoms with Crippen molar-refractivity contribution in [1.82, 2.24) is 9.78 Å². The normalized spacial score (nSPS) is 10.0. The molecule has 0 amide bonds. The number of hydrogen-bond donors (Lipinski definition) is 2. The Morgan fingerprint density at radius 1 is 1.50 bits per heavy atom. The van der Waals surface area contributed by atoms with Crippen LogP contribution in [-0.4, -0.2) is 23.4 Å². The first-order chi connectivity index (χ1) is 5.70. The zero-order valence-corrected chi connectivity index (χ0v) is 8.10. The summed E-state index contributed by atoms with van der Waals surface area (Å²) in [6.45, 7) is 4.99. The Kier molecular flexibility index (Phi) is 2.58. The maximum atomic E-state index is 4.29. The van der Waals surface area contributed by atoms with Crippen LogP contribution in [0.3, 0.4) is 0 Å². The minimum Gasteiger partial charge on any atom is -0.381 e. The quantitative estimate of drug-likeness (QED) is 0.712. The van der Waals surface area contributed by atoms with Crippen molar-refractivity contribution in [2.75, 3.05) is 24.2 Å². The fourth-order valence-electron chi connectivity index (χ4n) is 1.33. The van der Waals surface area contributed by atoms with Crippen molar-refractivity contribution in [3.63, 3.8) is 0 Å². The van der Waals surface area contributed by atoms with Crippen LogP contribution in [0.1, 0.15) is 12.6 Å². The van der Waals surface area contributed by atoms with Gasteiger partial charge >= 0.3 is 0 Å². The van der Waals surface area contributed by atoms with Gasteiger partial charge in [0.1, 0.15) is 11.5 Å². The van der Waals surface area contributed by atoms with Crippen molar-refractivity contribution in [1.29, 1.82) is 0 Å². The first-order valence-electron chi connectivity index (χ1n) is 4.16. The smallest absolute Gasteiger partial charge is 0.147 e. The summed E-state index contributed by atoms with van der Waals surface area (Å²) in [5.41, 5.74) is 2.13. The van der Waals surface area contributed by atoms with E-state index in [1.165, 1.54) is 0 Å². The van der Waals surface area contributed by atoms with E-state index in [4.69, 9.17) is 0 Å². The predicted molar refractivity (Wildman–Crippen MR) is 51.7 cm³/mol. The highest BCUT2D eigenvalue weighted by Crippen LogP contribution is 2.23. The van der Waals surface area contributed by atoms with Crippen molar-refractivity contribution in [3.05, 3.63) is 5.69 Å². The summed E-state index contributed by atoms with van der Waals surface area (Å²) in [5, 5.41) is 10.7. The molecule has 0 aromatic carbocycles. The molecule has 1 aromatic heterocycles. The average molecular weight is 168 g/mol. The summed E-state index contributed by atoms with van der Waals surface area (Å²) in [4.78, 5) is 0. The van der Waals surface area contributed by atoms with Crippen LogP contribution in [-0.2, 0) is 7.05 Å². The van der Waals surface area contributed by atoms with Crippen LogP contribution in [0.5, 0.6) is 0 Å². The van der Waals surface area contributed by atoms with E-state index < -0.39 is 0 Å². The van der Waals surface area contributed by atoms with Crippen LogP contribution in [0, 0.1) is 6.92 Å². The number of nitrogens with zero attached hydrogens (tertiary/aromatic N) is 2. The lowest BCUT2D eigenvalue weighted by Gasteiger charge is -2.05. The fourth-order valence-corrected chi connectivity index (χ4v) is 1.33. The van der Waals surface area contributed by atoms with E-state index in [1.54, 1.807) is 0 Å². The second-order valence-corrected chi connectivity index (χ2v) is 2.71. The summed E-state index contributed by atoms with van der Waals surface area (Å²) in [5.74, 6) is 1.04. The second kappa shape index (κ2) is 3.47. The van der Waals surface area contributed by atoms with E-state index >= 15 is 0 Å². The molecular formula is C8H16N4. The Balaban J connectivity index is 3.04. The number of anilines is 2. The molecule has 12 heavy (non-hydrogen) atoms. The maximum Gasteiger partial charge on any atom is 0.147 e. The minimum absolute atomic E-state index is 0.918. The highest BCUT2D eigenvalue weighted by atomic mass is 15.3. The van der Waals surface area contributed by atoms with Crippen molar-refractivity contribution < 1.29 is 0 Å². The molecule has 0 aliphatic heterocycles. The monoisotopic (exact) mass is 168 g/mol. The molecule has 0 spiro atoms. The third kappa shape index (κ3) is 1.37. The van der Waals surface area contributed by atoms with E-state index in [0.717, 1.165) is 23.7 Å². The molecule has 1 aromatic rings. The van der Waals surface area contributed by atoms with E-state index in [0.29, 0.717) is 0 Å². The summed E-state index contributed by atoms with van der Waals surface area (Å²) >= 11 is 0. The predicted octanol–water partition coefficient (Wildman–Crippen LogP) is 1.20. The topological polar surface area (TPSA) is 41.9 Å². The van der Waals surface area contributed by atoms with Gasteiger partial charge in [-0.2, -0.15) is 5.10 Å². The first-order valence-corrected chi connectivity index (χ1v) is 4.16. The summed E-state index contributed by atoms with van der Waals surface area (Å²) in [6.07, 6.45) is 0. The lowest BCUT2D eigenvalue weighted by atomic mass is 10.3. The van der Waals surface area contributed by atoms with Crippen LogP contribution in [0.2, 0.25) is 0 Å². The lowest BCUT2D eigenvalue weighted by molar-refractivity contribution is 0.763. The van der Waals surface area contributed by atoms with Gasteiger partial charge in [0.05, 0.1) is 5.69 Å². The molecule has 0 unspecified atom stereocenters. The molecule has 0 radical (unpaired) electrons. The maximum absolute atomic E-state index is 4.29. The molecule has 0 saturated heterocycles. The Morgan fingerprint density at radius 3 is 2.67 bits per heavy atom. The van der Waals surface area contributed by atoms with Gasteiger partial charge < -0.3 is 10.6 Å². The molecule has 0 aliphatic carbocycles. The van der Waals surface area contributed by atoms with Crippen molar-refractivity contribution >= 4 is 11.5 Å². The van der Waals surface area contributed by atoms with Gasteiger partial charge in [-0.05, 0) is 13.8 Å². The molecule has 0 saturated carbocycles. The van der Waals surface area contributed by atoms with Crippen LogP contribution < -0.4 is 10.6 Å². The second-order valence-electron chi connectivity index (χ2n) is 2.71. The van der Waals surface area contributed by atoms with Crippen LogP contribution >= 0.6 is 0 Å². The van der Waals surface area contributed by atoms with Gasteiger partial charge in [0, 0.05) is 20.6 Å². The number of aromatic nitrogens is 2. The highest BCUT2D eigenvalue weighted by Gasteiger charge is 2.09. The fraction of sp³-hybridized carbons (Fsp3) is 0.625. The SMILES string of the molecule is CCNc1c(C)nn(C)c1NC. The number of nitrogens with one attached hydrogen (secondary N) is 2. The first kappa shape index (κ1) is 8.90. The van der Waals surface area contributed by atoms with Gasteiger partial charge in [0.15, 0.2) is 0 Å². The largest absolute Gasteiger partial charge is 0.381 e. The zero-order chi connectivity index (χ0) is 9.14. The Morgan fingerprint density at radius 2 is 2.17 bits per heavy atom. The van der Waals surface area contributed by atoms with Crippen LogP contribution in [0.4, 0.5) is 11.5 Å². The minimum atomic E-state index is 0.918. The number of aryl methyl sites for hydroxylation is 2. The zero-order valence-electron chi connectivity index (χ0n) is 8.10.